The van der Waals surface area contributed by atoms with Gasteiger partial charge < -0.3 is 5.32 Å². The molecule has 2 N–H and O–H groups in total. The van der Waals surface area contributed by atoms with Crippen LogP contribution in [0.2, 0.25) is 0 Å². The largest absolute Gasteiger partial charge is 0.353 e. The van der Waals surface area contributed by atoms with Crippen molar-refractivity contribution < 1.29 is 13.6 Å². The quantitative estimate of drug-likeness (QED) is 0.747. The van der Waals surface area contributed by atoms with E-state index in [2.05, 4.69) is 10.6 Å². The van der Waals surface area contributed by atoms with Gasteiger partial charge in [-0.15, -0.1) is 0 Å². The first-order valence-corrected chi connectivity index (χ1v) is 5.03. The average Bonchev–Trinajstić information content (AvgIpc) is 2.26. The van der Waals surface area contributed by atoms with E-state index in [1.807, 2.05) is 0 Å². The monoisotopic (exact) mass is 226 g/mol. The molecule has 0 spiro atoms. The number of carbonyl (C=O) groups excluding carboxylic acids is 1. The summed E-state index contributed by atoms with van der Waals surface area (Å²) in [5, 5.41) is 5.54. The maximum Gasteiger partial charge on any atom is 0.244 e. The van der Waals surface area contributed by atoms with Gasteiger partial charge in [-0.1, -0.05) is 0 Å². The highest BCUT2D eigenvalue weighted by Gasteiger charge is 2.39. The molecule has 1 aliphatic heterocycles. The molecule has 1 fully saturated rings. The van der Waals surface area contributed by atoms with Gasteiger partial charge in [0.2, 0.25) is 5.91 Å². The van der Waals surface area contributed by atoms with Crippen molar-refractivity contribution in [3.05, 3.63) is 35.4 Å². The summed E-state index contributed by atoms with van der Waals surface area (Å²) in [6.45, 7) is 2.56. The molecule has 1 saturated heterocycles. The van der Waals surface area contributed by atoms with Crippen molar-refractivity contribution in [2.75, 3.05) is 13.1 Å². The lowest BCUT2D eigenvalue weighted by Gasteiger charge is -2.34. The second kappa shape index (κ2) is 3.83. The lowest BCUT2D eigenvalue weighted by atomic mass is 9.89. The van der Waals surface area contributed by atoms with E-state index >= 15 is 0 Å². The predicted molar refractivity (Wildman–Crippen MR) is 54.7 cm³/mol. The molecule has 0 bridgehead atoms. The number of hydrogen-bond donors (Lipinski definition) is 2. The van der Waals surface area contributed by atoms with Crippen molar-refractivity contribution in [1.29, 1.82) is 0 Å². The Morgan fingerprint density at radius 1 is 1.31 bits per heavy atom. The molecular weight excluding hydrogens is 214 g/mol. The topological polar surface area (TPSA) is 41.1 Å². The van der Waals surface area contributed by atoms with Crippen LogP contribution in [0.15, 0.2) is 18.2 Å². The number of amides is 1. The summed E-state index contributed by atoms with van der Waals surface area (Å²) in [4.78, 5) is 11.7. The van der Waals surface area contributed by atoms with Gasteiger partial charge in [0.1, 0.15) is 17.2 Å². The third-order valence-electron chi connectivity index (χ3n) is 2.81. The van der Waals surface area contributed by atoms with E-state index in [-0.39, 0.29) is 11.5 Å². The number of piperazine rings is 1. The first-order chi connectivity index (χ1) is 7.54. The molecule has 1 amide bonds. The molecule has 86 valence electrons. The van der Waals surface area contributed by atoms with E-state index < -0.39 is 17.2 Å². The van der Waals surface area contributed by atoms with Gasteiger partial charge >= 0.3 is 0 Å². The van der Waals surface area contributed by atoms with Crippen LogP contribution in [-0.2, 0) is 10.3 Å². The third kappa shape index (κ3) is 1.67. The molecule has 1 aromatic carbocycles. The Labute approximate surface area is 91.8 Å². The van der Waals surface area contributed by atoms with E-state index in [1.54, 1.807) is 6.92 Å². The molecule has 3 nitrogen and oxygen atoms in total. The second-order valence-corrected chi connectivity index (χ2v) is 3.93. The number of hydrogen-bond acceptors (Lipinski definition) is 2. The van der Waals surface area contributed by atoms with Gasteiger partial charge in [-0.3, -0.25) is 10.1 Å². The maximum absolute atomic E-state index is 13.6. The standard InChI is InChI=1S/C11H12F2N2O/c1-11(10(16)14-4-5-15-11)8-6-7(12)2-3-9(8)13/h2-3,6,15H,4-5H2,1H3,(H,14,16). The van der Waals surface area contributed by atoms with Gasteiger partial charge in [0.05, 0.1) is 0 Å². The molecule has 0 radical (unpaired) electrons. The summed E-state index contributed by atoms with van der Waals surface area (Å²) in [7, 11) is 0. The molecule has 5 heteroatoms. The Bertz CT molecular complexity index is 436. The third-order valence-corrected chi connectivity index (χ3v) is 2.81. The van der Waals surface area contributed by atoms with E-state index in [0.717, 1.165) is 18.2 Å². The van der Waals surface area contributed by atoms with Crippen molar-refractivity contribution in [2.45, 2.75) is 12.5 Å². The van der Waals surface area contributed by atoms with Crippen LogP contribution in [0, 0.1) is 11.6 Å². The predicted octanol–water partition coefficient (Wildman–Crippen LogP) is 0.899. The Balaban J connectivity index is 2.48. The maximum atomic E-state index is 13.6. The molecular formula is C11H12F2N2O. The highest BCUT2D eigenvalue weighted by atomic mass is 19.1. The van der Waals surface area contributed by atoms with Crippen LogP contribution in [0.3, 0.4) is 0 Å². The molecule has 2 rings (SSSR count). The van der Waals surface area contributed by atoms with Gasteiger partial charge in [0, 0.05) is 18.7 Å². The summed E-state index contributed by atoms with van der Waals surface area (Å²) in [5.41, 5.74) is -1.17. The van der Waals surface area contributed by atoms with Gasteiger partial charge in [-0.05, 0) is 25.1 Å². The van der Waals surface area contributed by atoms with E-state index in [9.17, 15) is 13.6 Å². The minimum absolute atomic E-state index is 0.0321. The van der Waals surface area contributed by atoms with Crippen molar-refractivity contribution in [2.24, 2.45) is 0 Å². The Hall–Kier alpha value is -1.49. The van der Waals surface area contributed by atoms with Crippen LogP contribution < -0.4 is 10.6 Å². The first kappa shape index (κ1) is 11.0. The molecule has 1 unspecified atom stereocenters. The van der Waals surface area contributed by atoms with Crippen molar-refractivity contribution in [3.63, 3.8) is 0 Å². The summed E-state index contributed by atoms with van der Waals surface area (Å²) < 4.78 is 26.7. The highest BCUT2D eigenvalue weighted by Crippen LogP contribution is 2.25. The van der Waals surface area contributed by atoms with E-state index in [1.165, 1.54) is 0 Å². The molecule has 1 atom stereocenters. The van der Waals surface area contributed by atoms with Crippen LogP contribution in [-0.4, -0.2) is 19.0 Å². The van der Waals surface area contributed by atoms with Gasteiger partial charge in [-0.25, -0.2) is 8.78 Å². The number of benzene rings is 1. The SMILES string of the molecule is CC1(c2cc(F)ccc2F)NCCNC1=O. The van der Waals surface area contributed by atoms with E-state index in [4.69, 9.17) is 0 Å². The van der Waals surface area contributed by atoms with E-state index in [0.29, 0.717) is 13.1 Å². The minimum atomic E-state index is -1.20. The second-order valence-electron chi connectivity index (χ2n) is 3.93. The number of rotatable bonds is 1. The molecule has 1 heterocycles. The smallest absolute Gasteiger partial charge is 0.244 e. The lowest BCUT2D eigenvalue weighted by molar-refractivity contribution is -0.129. The van der Waals surface area contributed by atoms with Gasteiger partial charge in [-0.2, -0.15) is 0 Å². The van der Waals surface area contributed by atoms with Crippen molar-refractivity contribution in [3.8, 4) is 0 Å². The zero-order chi connectivity index (χ0) is 11.8. The van der Waals surface area contributed by atoms with Crippen LogP contribution >= 0.6 is 0 Å². The van der Waals surface area contributed by atoms with Crippen molar-refractivity contribution in [1.82, 2.24) is 10.6 Å². The molecule has 0 aliphatic carbocycles. The van der Waals surface area contributed by atoms with Crippen LogP contribution in [0.25, 0.3) is 0 Å². The zero-order valence-electron chi connectivity index (χ0n) is 8.81. The first-order valence-electron chi connectivity index (χ1n) is 5.03. The molecule has 1 aliphatic rings. The van der Waals surface area contributed by atoms with Gasteiger partial charge in [0.15, 0.2) is 0 Å². The Morgan fingerprint density at radius 2 is 2.06 bits per heavy atom. The summed E-state index contributed by atoms with van der Waals surface area (Å²) in [6, 6.07) is 3.11. The summed E-state index contributed by atoms with van der Waals surface area (Å²) in [5.74, 6) is -1.49. The summed E-state index contributed by atoms with van der Waals surface area (Å²) >= 11 is 0. The fourth-order valence-electron chi connectivity index (χ4n) is 1.84. The lowest BCUT2D eigenvalue weighted by Crippen LogP contribution is -2.59. The average molecular weight is 226 g/mol. The summed E-state index contributed by atoms with van der Waals surface area (Å²) in [6.07, 6.45) is 0. The molecule has 16 heavy (non-hydrogen) atoms. The Morgan fingerprint density at radius 3 is 2.75 bits per heavy atom. The highest BCUT2D eigenvalue weighted by molar-refractivity contribution is 5.88. The van der Waals surface area contributed by atoms with Gasteiger partial charge in [0.25, 0.3) is 0 Å². The Kier molecular flexibility index (Phi) is 2.63. The molecule has 0 aromatic heterocycles. The number of nitrogens with one attached hydrogen (secondary N) is 2. The zero-order valence-corrected chi connectivity index (χ0v) is 8.81. The fourth-order valence-corrected chi connectivity index (χ4v) is 1.84. The fraction of sp³-hybridized carbons (Fsp3) is 0.364. The van der Waals surface area contributed by atoms with Crippen LogP contribution in [0.4, 0.5) is 8.78 Å². The van der Waals surface area contributed by atoms with Crippen LogP contribution in [0.1, 0.15) is 12.5 Å². The molecule has 1 aromatic rings. The van der Waals surface area contributed by atoms with Crippen molar-refractivity contribution >= 4 is 5.91 Å². The number of carbonyl (C=O) groups is 1. The normalized spacial score (nSPS) is 25.3. The van der Waals surface area contributed by atoms with Crippen LogP contribution in [0.5, 0.6) is 0 Å². The minimum Gasteiger partial charge on any atom is -0.353 e. The molecule has 0 saturated carbocycles. The number of halogens is 2.